The molecule has 7 heavy (non-hydrogen) atoms. The molecule has 0 saturated carbocycles. The topological polar surface area (TPSA) is 26.0 Å². The first-order valence-electron chi connectivity index (χ1n) is 1.29. The molecule has 0 atom stereocenters. The SMILES string of the molecule is C.NC(F)(F)CF. The van der Waals surface area contributed by atoms with E-state index >= 15 is 0 Å². The molecule has 0 aliphatic rings. The molecule has 4 heteroatoms. The van der Waals surface area contributed by atoms with Crippen LogP contribution < -0.4 is 5.73 Å². The average molecular weight is 115 g/mol. The number of halogens is 3. The van der Waals surface area contributed by atoms with Gasteiger partial charge >= 0.3 is 6.05 Å². The summed E-state index contributed by atoms with van der Waals surface area (Å²) in [7, 11) is 0. The molecule has 0 aromatic heterocycles. The van der Waals surface area contributed by atoms with Crippen LogP contribution in [-0.2, 0) is 0 Å². The van der Waals surface area contributed by atoms with Crippen LogP contribution in [0.25, 0.3) is 0 Å². The molecule has 0 radical (unpaired) electrons. The lowest BCUT2D eigenvalue weighted by Crippen LogP contribution is -2.30. The number of hydrogen-bond donors (Lipinski definition) is 1. The van der Waals surface area contributed by atoms with Crippen LogP contribution in [0.15, 0.2) is 0 Å². The van der Waals surface area contributed by atoms with Crippen LogP contribution in [0.1, 0.15) is 7.43 Å². The fourth-order valence-electron chi connectivity index (χ4n) is 0. The van der Waals surface area contributed by atoms with E-state index < -0.39 is 12.7 Å². The van der Waals surface area contributed by atoms with E-state index in [9.17, 15) is 13.2 Å². The van der Waals surface area contributed by atoms with Crippen molar-refractivity contribution in [3.63, 3.8) is 0 Å². The third kappa shape index (κ3) is 10.7. The minimum atomic E-state index is -3.62. The second kappa shape index (κ2) is 2.85. The first kappa shape index (κ1) is 9.89. The van der Waals surface area contributed by atoms with E-state index in [-0.39, 0.29) is 7.43 Å². The molecule has 1 nitrogen and oxygen atoms in total. The molecule has 0 unspecified atom stereocenters. The summed E-state index contributed by atoms with van der Waals surface area (Å²) in [5.41, 5.74) is 3.83. The van der Waals surface area contributed by atoms with E-state index in [2.05, 4.69) is 5.73 Å². The van der Waals surface area contributed by atoms with E-state index in [1.807, 2.05) is 0 Å². The predicted molar refractivity (Wildman–Crippen MR) is 21.8 cm³/mol. The first-order valence-corrected chi connectivity index (χ1v) is 1.29. The van der Waals surface area contributed by atoms with Gasteiger partial charge in [0.1, 0.15) is 0 Å². The summed E-state index contributed by atoms with van der Waals surface area (Å²) >= 11 is 0. The number of nitrogens with two attached hydrogens (primary N) is 1. The molecule has 0 aliphatic heterocycles. The van der Waals surface area contributed by atoms with Crippen LogP contribution in [0.3, 0.4) is 0 Å². The second-order valence-electron chi connectivity index (χ2n) is 0.895. The molecule has 0 aromatic rings. The van der Waals surface area contributed by atoms with Gasteiger partial charge in [0.25, 0.3) is 0 Å². The van der Waals surface area contributed by atoms with Gasteiger partial charge in [0.05, 0.1) is 0 Å². The van der Waals surface area contributed by atoms with Crippen LogP contribution >= 0.6 is 0 Å². The number of rotatable bonds is 1. The van der Waals surface area contributed by atoms with Crippen molar-refractivity contribution in [1.82, 2.24) is 0 Å². The first-order chi connectivity index (χ1) is 2.56. The highest BCUT2D eigenvalue weighted by atomic mass is 19.3. The van der Waals surface area contributed by atoms with Crippen molar-refractivity contribution < 1.29 is 13.2 Å². The van der Waals surface area contributed by atoms with Gasteiger partial charge < -0.3 is 0 Å². The minimum absolute atomic E-state index is 0. The summed E-state index contributed by atoms with van der Waals surface area (Å²) in [5.74, 6) is 0. The molecular weight excluding hydrogens is 107 g/mol. The summed E-state index contributed by atoms with van der Waals surface area (Å²) in [5, 5.41) is 0. The molecule has 0 bridgehead atoms. The maximum absolute atomic E-state index is 10.9. The summed E-state index contributed by atoms with van der Waals surface area (Å²) in [6.45, 7) is -1.78. The molecule has 0 spiro atoms. The van der Waals surface area contributed by atoms with E-state index in [1.54, 1.807) is 0 Å². The lowest BCUT2D eigenvalue weighted by Gasteiger charge is -1.99. The van der Waals surface area contributed by atoms with E-state index in [0.29, 0.717) is 0 Å². The fraction of sp³-hybridized carbons (Fsp3) is 1.00. The van der Waals surface area contributed by atoms with Gasteiger partial charge in [0, 0.05) is 0 Å². The highest BCUT2D eigenvalue weighted by molar-refractivity contribution is 4.48. The third-order valence-corrected chi connectivity index (χ3v) is 0.178. The van der Waals surface area contributed by atoms with Crippen LogP contribution in [0, 0.1) is 0 Å². The van der Waals surface area contributed by atoms with Gasteiger partial charge in [-0.1, -0.05) is 7.43 Å². The highest BCUT2D eigenvalue weighted by Gasteiger charge is 2.20. The van der Waals surface area contributed by atoms with Gasteiger partial charge in [0.15, 0.2) is 6.67 Å². The zero-order valence-electron chi connectivity index (χ0n) is 2.92. The van der Waals surface area contributed by atoms with Gasteiger partial charge in [-0.3, -0.25) is 5.73 Å². The van der Waals surface area contributed by atoms with Gasteiger partial charge in [-0.25, -0.2) is 4.39 Å². The van der Waals surface area contributed by atoms with E-state index in [0.717, 1.165) is 0 Å². The molecule has 0 amide bonds. The van der Waals surface area contributed by atoms with Crippen molar-refractivity contribution >= 4 is 0 Å². The number of hydrogen-bond acceptors (Lipinski definition) is 1. The Balaban J connectivity index is 0. The Hall–Kier alpha value is -0.250. The van der Waals surface area contributed by atoms with Crippen LogP contribution in [0.4, 0.5) is 13.2 Å². The Bertz CT molecular complexity index is 39.9. The van der Waals surface area contributed by atoms with Crippen LogP contribution in [0.2, 0.25) is 0 Å². The minimum Gasteiger partial charge on any atom is -0.270 e. The fourth-order valence-corrected chi connectivity index (χ4v) is 0. The van der Waals surface area contributed by atoms with Crippen molar-refractivity contribution in [3.8, 4) is 0 Å². The highest BCUT2D eigenvalue weighted by Crippen LogP contribution is 2.01. The molecule has 0 heterocycles. The van der Waals surface area contributed by atoms with Gasteiger partial charge in [0.2, 0.25) is 0 Å². The molecule has 0 saturated heterocycles. The second-order valence-corrected chi connectivity index (χ2v) is 0.895. The third-order valence-electron chi connectivity index (χ3n) is 0.178. The quantitative estimate of drug-likeness (QED) is 0.509. The maximum Gasteiger partial charge on any atom is 0.328 e. The molecule has 0 aromatic carbocycles. The molecule has 2 N–H and O–H groups in total. The monoisotopic (exact) mass is 115 g/mol. The lowest BCUT2D eigenvalue weighted by molar-refractivity contribution is -0.0157. The summed E-state index contributed by atoms with van der Waals surface area (Å²) < 4.78 is 32.3. The largest absolute Gasteiger partial charge is 0.328 e. The maximum atomic E-state index is 10.9. The van der Waals surface area contributed by atoms with E-state index in [4.69, 9.17) is 0 Å². The standard InChI is InChI=1S/C2H4F3N.CH4/c3-1-2(4,5)6;/h1,6H2;1H4. The molecule has 0 aliphatic carbocycles. The average Bonchev–Trinajstić information content (AvgIpc) is 1.35. The zero-order chi connectivity index (χ0) is 5.21. The van der Waals surface area contributed by atoms with Crippen molar-refractivity contribution in [2.75, 3.05) is 6.67 Å². The van der Waals surface area contributed by atoms with E-state index in [1.165, 1.54) is 0 Å². The Kier molecular flexibility index (Phi) is 4.02. The van der Waals surface area contributed by atoms with Crippen molar-refractivity contribution in [1.29, 1.82) is 0 Å². The van der Waals surface area contributed by atoms with Crippen LogP contribution in [0.5, 0.6) is 0 Å². The Labute approximate surface area is 40.3 Å². The van der Waals surface area contributed by atoms with Gasteiger partial charge in [-0.05, 0) is 0 Å². The molecule has 0 fully saturated rings. The van der Waals surface area contributed by atoms with Gasteiger partial charge in [-0.2, -0.15) is 8.78 Å². The molecular formula is C3H8F3N. The zero-order valence-corrected chi connectivity index (χ0v) is 2.92. The predicted octanol–water partition coefficient (Wildman–Crippen LogP) is 1.14. The Morgan fingerprint density at radius 2 is 1.57 bits per heavy atom. The molecule has 46 valence electrons. The number of alkyl halides is 3. The smallest absolute Gasteiger partial charge is 0.270 e. The van der Waals surface area contributed by atoms with Crippen molar-refractivity contribution in [2.24, 2.45) is 5.73 Å². The van der Waals surface area contributed by atoms with Crippen LogP contribution in [-0.4, -0.2) is 12.7 Å². The van der Waals surface area contributed by atoms with Crippen molar-refractivity contribution in [2.45, 2.75) is 13.5 Å². The lowest BCUT2D eigenvalue weighted by atomic mass is 10.7. The normalized spacial score (nSPS) is 10.3. The Morgan fingerprint density at radius 3 is 1.57 bits per heavy atom. The summed E-state index contributed by atoms with van der Waals surface area (Å²) in [4.78, 5) is 0. The summed E-state index contributed by atoms with van der Waals surface area (Å²) in [6, 6.07) is -3.62. The van der Waals surface area contributed by atoms with Crippen molar-refractivity contribution in [3.05, 3.63) is 0 Å². The van der Waals surface area contributed by atoms with Gasteiger partial charge in [-0.15, -0.1) is 0 Å². The molecule has 0 rings (SSSR count). The Morgan fingerprint density at radius 1 is 1.43 bits per heavy atom. The summed E-state index contributed by atoms with van der Waals surface area (Å²) in [6.07, 6.45) is 0.